The second-order valence-electron chi connectivity index (χ2n) is 20.0. The van der Waals surface area contributed by atoms with Gasteiger partial charge in [-0.1, -0.05) is 176 Å². The summed E-state index contributed by atoms with van der Waals surface area (Å²) in [5.41, 5.74) is 8.91. The molecule has 0 aliphatic rings. The number of hydrogen-bond acceptors (Lipinski definition) is 0. The van der Waals surface area contributed by atoms with Gasteiger partial charge in [-0.05, 0) is 34.8 Å². The van der Waals surface area contributed by atoms with Crippen LogP contribution >= 0.6 is 17.0 Å². The second-order valence-corrected chi connectivity index (χ2v) is 35.1. The van der Waals surface area contributed by atoms with Crippen molar-refractivity contribution in [1.82, 2.24) is 0 Å². The van der Waals surface area contributed by atoms with E-state index in [4.69, 9.17) is 17.0 Å². The molecule has 0 atom stereocenters. The summed E-state index contributed by atoms with van der Waals surface area (Å²) in [6, 6.07) is 41.7. The van der Waals surface area contributed by atoms with Gasteiger partial charge in [0.1, 0.15) is 0 Å². The minimum atomic E-state index is -3.94. The number of fused-ring (bicyclic) bond motifs is 2. The molecule has 6 aromatic rings. The van der Waals surface area contributed by atoms with Crippen LogP contribution in [0.15, 0.2) is 109 Å². The van der Waals surface area contributed by atoms with Crippen LogP contribution in [0.3, 0.4) is 0 Å². The normalized spacial score (nSPS) is 12.2. The quantitative estimate of drug-likeness (QED) is 0.105. The Bertz CT molecular complexity index is 2030. The van der Waals surface area contributed by atoms with Crippen molar-refractivity contribution in [1.29, 1.82) is 0 Å². The molecule has 9 heteroatoms. The molecule has 316 valence electrons. The summed E-state index contributed by atoms with van der Waals surface area (Å²) in [6.07, 6.45) is -2.32. The Labute approximate surface area is 377 Å². The molecule has 0 aliphatic carbocycles. The van der Waals surface area contributed by atoms with Gasteiger partial charge in [-0.2, -0.15) is 25.3 Å². The number of alkyl halides is 3. The molecule has 0 saturated carbocycles. The Balaban J connectivity index is 0.000000253. The molecular formula is C50H65Cl2F3Si3Zr. The molecule has 0 N–H and O–H groups in total. The number of benzene rings is 4. The molecule has 59 heavy (non-hydrogen) atoms. The van der Waals surface area contributed by atoms with Gasteiger partial charge in [-0.25, -0.2) is 0 Å². The first-order chi connectivity index (χ1) is 27.2. The van der Waals surface area contributed by atoms with Crippen LogP contribution in [0.25, 0.3) is 43.8 Å². The summed E-state index contributed by atoms with van der Waals surface area (Å²) >= 11 is -0.826. The van der Waals surface area contributed by atoms with Crippen LogP contribution in [-0.2, 0) is 33.7 Å². The summed E-state index contributed by atoms with van der Waals surface area (Å²) in [5, 5.41) is 8.54. The second kappa shape index (κ2) is 21.9. The van der Waals surface area contributed by atoms with E-state index in [-0.39, 0.29) is 6.04 Å². The SMILES string of the molecule is CC(C)(C)Cc1cc2c(-c3ccc([Si](C)(C)C)cc3)cccc2[cH-]1.CC(C)(C)Cc1cc2c(-c3ccc([Si](C)(C)C)cc3)cccc2[cH-]1.C[Si]CCC(F)(F)F.[Cl][Zr+2][Cl]. The Morgan fingerprint density at radius 3 is 1.17 bits per heavy atom. The van der Waals surface area contributed by atoms with Crippen LogP contribution in [0.2, 0.25) is 51.9 Å². The molecule has 0 amide bonds. The monoisotopic (exact) mass is 966 g/mol. The van der Waals surface area contributed by atoms with Gasteiger partial charge in [-0.3, -0.25) is 0 Å². The van der Waals surface area contributed by atoms with E-state index in [1.807, 2.05) is 0 Å². The Kier molecular flexibility index (Phi) is 19.0. The van der Waals surface area contributed by atoms with E-state index < -0.39 is 49.6 Å². The van der Waals surface area contributed by atoms with E-state index in [1.54, 1.807) is 6.55 Å². The van der Waals surface area contributed by atoms with Gasteiger partial charge in [0.25, 0.3) is 0 Å². The first-order valence-electron chi connectivity index (χ1n) is 20.5. The van der Waals surface area contributed by atoms with E-state index in [0.29, 0.717) is 20.3 Å². The molecule has 2 radical (unpaired) electrons. The fourth-order valence-corrected chi connectivity index (χ4v) is 9.96. The summed E-state index contributed by atoms with van der Waals surface area (Å²) in [6.45, 7) is 30.0. The molecule has 0 unspecified atom stereocenters. The molecule has 6 rings (SSSR count). The molecule has 0 heterocycles. The van der Waals surface area contributed by atoms with Crippen molar-refractivity contribution >= 4 is 74.6 Å². The van der Waals surface area contributed by atoms with Gasteiger partial charge >= 0.3 is 44.1 Å². The first-order valence-corrected chi connectivity index (χ1v) is 35.5. The predicted molar refractivity (Wildman–Crippen MR) is 261 cm³/mol. The third-order valence-corrected chi connectivity index (χ3v) is 14.8. The average molecular weight is 969 g/mol. The Morgan fingerprint density at radius 2 is 0.915 bits per heavy atom. The summed E-state index contributed by atoms with van der Waals surface area (Å²) < 4.78 is 33.7. The maximum atomic E-state index is 11.2. The molecule has 0 saturated heterocycles. The van der Waals surface area contributed by atoms with Crippen LogP contribution in [0.1, 0.15) is 59.1 Å². The van der Waals surface area contributed by atoms with E-state index >= 15 is 0 Å². The van der Waals surface area contributed by atoms with Crippen molar-refractivity contribution in [3.63, 3.8) is 0 Å². The zero-order valence-corrected chi connectivity index (χ0v) is 44.6. The zero-order valence-electron chi connectivity index (χ0n) is 37.6. The molecule has 0 nitrogen and oxygen atoms in total. The van der Waals surface area contributed by atoms with Crippen molar-refractivity contribution in [2.45, 2.75) is 119 Å². The molecule has 0 spiro atoms. The molecule has 0 bridgehead atoms. The van der Waals surface area contributed by atoms with Crippen LogP contribution in [0.5, 0.6) is 0 Å². The molecule has 6 aromatic carbocycles. The van der Waals surface area contributed by atoms with Crippen LogP contribution in [0, 0.1) is 10.8 Å². The van der Waals surface area contributed by atoms with Crippen molar-refractivity contribution in [3.05, 3.63) is 120 Å². The fourth-order valence-electron chi connectivity index (χ4n) is 7.09. The zero-order chi connectivity index (χ0) is 44.4. The van der Waals surface area contributed by atoms with Crippen LogP contribution in [0.4, 0.5) is 13.2 Å². The topological polar surface area (TPSA) is 0 Å². The van der Waals surface area contributed by atoms with E-state index in [0.717, 1.165) is 12.8 Å². The standard InChI is InChI=1S/2C23H29Si.C4H7F3Si.2ClH.Zr/c2*1-23(2,3)16-17-14-19-8-7-9-21(22(19)15-17)18-10-12-20(13-11-18)24(4,5)6;1-8-3-2-4(5,6)7;;;/h2*7-15H,16H2,1-6H3;2-3H2,1H3;2*1H;/q2*-1;;;;+4/p-2. The molecule has 0 fully saturated rings. The summed E-state index contributed by atoms with van der Waals surface area (Å²) in [4.78, 5) is 0. The van der Waals surface area contributed by atoms with E-state index in [2.05, 4.69) is 190 Å². The van der Waals surface area contributed by atoms with Gasteiger partial charge in [-0.15, -0.1) is 69.1 Å². The van der Waals surface area contributed by atoms with E-state index in [9.17, 15) is 13.2 Å². The average Bonchev–Trinajstić information content (AvgIpc) is 3.72. The number of rotatable bonds is 8. The van der Waals surface area contributed by atoms with Gasteiger partial charge in [0.2, 0.25) is 0 Å². The predicted octanol–water partition coefficient (Wildman–Crippen LogP) is 16.2. The maximum absolute atomic E-state index is 11.2. The van der Waals surface area contributed by atoms with Gasteiger partial charge in [0, 0.05) is 15.9 Å². The van der Waals surface area contributed by atoms with Crippen molar-refractivity contribution in [2.24, 2.45) is 10.8 Å². The van der Waals surface area contributed by atoms with Crippen LogP contribution < -0.4 is 10.4 Å². The van der Waals surface area contributed by atoms with Crippen LogP contribution in [-0.4, -0.2) is 31.8 Å². The summed E-state index contributed by atoms with van der Waals surface area (Å²) in [7, 11) is 7.81. The van der Waals surface area contributed by atoms with Crippen molar-refractivity contribution in [2.75, 3.05) is 0 Å². The Hall–Kier alpha value is -2.00. The third-order valence-electron chi connectivity index (χ3n) is 9.87. The van der Waals surface area contributed by atoms with Gasteiger partial charge < -0.3 is 0 Å². The fraction of sp³-hybridized carbons (Fsp3) is 0.400. The van der Waals surface area contributed by atoms with Gasteiger partial charge in [0.05, 0.1) is 16.1 Å². The molecular weight excluding hydrogens is 904 g/mol. The van der Waals surface area contributed by atoms with Crippen molar-refractivity contribution < 1.29 is 34.0 Å². The summed E-state index contributed by atoms with van der Waals surface area (Å²) in [5.74, 6) is 0. The van der Waals surface area contributed by atoms with Crippen molar-refractivity contribution in [3.8, 4) is 22.3 Å². The Morgan fingerprint density at radius 1 is 0.576 bits per heavy atom. The number of halogens is 5. The van der Waals surface area contributed by atoms with E-state index in [1.165, 1.54) is 65.3 Å². The number of hydrogen-bond donors (Lipinski definition) is 0. The minimum absolute atomic E-state index is 0.281. The third kappa shape index (κ3) is 17.4. The van der Waals surface area contributed by atoms with Gasteiger partial charge in [0.15, 0.2) is 0 Å². The molecule has 0 aliphatic heterocycles. The first kappa shape index (κ1) is 51.4. The molecule has 0 aromatic heterocycles.